The number of rotatable bonds is 2. The van der Waals surface area contributed by atoms with Crippen LogP contribution >= 0.6 is 23.2 Å². The monoisotopic (exact) mass is 203 g/mol. The predicted octanol–water partition coefficient (Wildman–Crippen LogP) is 3.06. The largest absolute Gasteiger partial charge is 0.330 e. The topological polar surface area (TPSA) is 26.0 Å². The molecule has 0 aliphatic rings. The van der Waals surface area contributed by atoms with E-state index in [4.69, 9.17) is 28.9 Å². The van der Waals surface area contributed by atoms with Crippen LogP contribution < -0.4 is 5.73 Å². The zero-order chi connectivity index (χ0) is 9.14. The lowest BCUT2D eigenvalue weighted by Crippen LogP contribution is -2.09. The van der Waals surface area contributed by atoms with Gasteiger partial charge in [0.15, 0.2) is 0 Å². The maximum atomic E-state index is 5.96. The standard InChI is InChI=1S/C9H11Cl2N/c1-6(5-12)8-3-2-7(10)4-9(8)11/h2-4,6H,5,12H2,1H3/t6-/m1/s1. The quantitative estimate of drug-likeness (QED) is 0.787. The summed E-state index contributed by atoms with van der Waals surface area (Å²) in [6, 6.07) is 5.49. The number of nitrogens with two attached hydrogens (primary N) is 1. The Morgan fingerprint density at radius 3 is 2.58 bits per heavy atom. The van der Waals surface area contributed by atoms with E-state index in [0.29, 0.717) is 16.6 Å². The molecular formula is C9H11Cl2N. The zero-order valence-electron chi connectivity index (χ0n) is 6.85. The van der Waals surface area contributed by atoms with E-state index in [9.17, 15) is 0 Å². The summed E-state index contributed by atoms with van der Waals surface area (Å²) in [7, 11) is 0. The van der Waals surface area contributed by atoms with Crippen LogP contribution in [0.1, 0.15) is 18.4 Å². The Morgan fingerprint density at radius 1 is 1.42 bits per heavy atom. The highest BCUT2D eigenvalue weighted by Crippen LogP contribution is 2.26. The summed E-state index contributed by atoms with van der Waals surface area (Å²) in [5.41, 5.74) is 6.58. The molecule has 0 aliphatic carbocycles. The molecule has 1 atom stereocenters. The van der Waals surface area contributed by atoms with Gasteiger partial charge in [-0.15, -0.1) is 0 Å². The number of benzene rings is 1. The van der Waals surface area contributed by atoms with E-state index in [1.807, 2.05) is 19.1 Å². The minimum atomic E-state index is 0.287. The highest BCUT2D eigenvalue weighted by molar-refractivity contribution is 6.35. The number of hydrogen-bond acceptors (Lipinski definition) is 1. The van der Waals surface area contributed by atoms with Gasteiger partial charge < -0.3 is 5.73 Å². The summed E-state index contributed by atoms with van der Waals surface area (Å²) in [6.45, 7) is 2.64. The molecule has 1 aromatic rings. The van der Waals surface area contributed by atoms with Crippen molar-refractivity contribution in [1.82, 2.24) is 0 Å². The molecule has 0 saturated carbocycles. The highest BCUT2D eigenvalue weighted by atomic mass is 35.5. The Bertz CT molecular complexity index is 273. The van der Waals surface area contributed by atoms with Crippen molar-refractivity contribution in [3.8, 4) is 0 Å². The molecule has 0 radical (unpaired) electrons. The van der Waals surface area contributed by atoms with Gasteiger partial charge in [-0.05, 0) is 30.2 Å². The maximum absolute atomic E-state index is 5.96. The second kappa shape index (κ2) is 4.13. The van der Waals surface area contributed by atoms with Crippen molar-refractivity contribution in [2.24, 2.45) is 5.73 Å². The highest BCUT2D eigenvalue weighted by Gasteiger charge is 2.07. The van der Waals surface area contributed by atoms with Crippen LogP contribution in [-0.2, 0) is 0 Å². The first-order chi connectivity index (χ1) is 5.65. The van der Waals surface area contributed by atoms with Gasteiger partial charge in [-0.25, -0.2) is 0 Å². The van der Waals surface area contributed by atoms with Gasteiger partial charge in [0.2, 0.25) is 0 Å². The van der Waals surface area contributed by atoms with Gasteiger partial charge in [-0.3, -0.25) is 0 Å². The maximum Gasteiger partial charge on any atom is 0.0456 e. The van der Waals surface area contributed by atoms with E-state index in [0.717, 1.165) is 5.56 Å². The van der Waals surface area contributed by atoms with Crippen molar-refractivity contribution in [3.63, 3.8) is 0 Å². The van der Waals surface area contributed by atoms with Crippen LogP contribution in [0.25, 0.3) is 0 Å². The van der Waals surface area contributed by atoms with Gasteiger partial charge in [0, 0.05) is 10.0 Å². The molecule has 1 aromatic carbocycles. The molecule has 0 aromatic heterocycles. The molecule has 0 saturated heterocycles. The van der Waals surface area contributed by atoms with Crippen LogP contribution in [0, 0.1) is 0 Å². The van der Waals surface area contributed by atoms with E-state index in [1.165, 1.54) is 0 Å². The number of hydrogen-bond donors (Lipinski definition) is 1. The molecule has 66 valence electrons. The van der Waals surface area contributed by atoms with Crippen molar-refractivity contribution in [2.45, 2.75) is 12.8 Å². The first-order valence-electron chi connectivity index (χ1n) is 3.80. The Balaban J connectivity index is 3.01. The summed E-state index contributed by atoms with van der Waals surface area (Å²) in [4.78, 5) is 0. The summed E-state index contributed by atoms with van der Waals surface area (Å²) in [5.74, 6) is 0.287. The van der Waals surface area contributed by atoms with Gasteiger partial charge >= 0.3 is 0 Å². The van der Waals surface area contributed by atoms with Crippen molar-refractivity contribution >= 4 is 23.2 Å². The van der Waals surface area contributed by atoms with Gasteiger partial charge in [-0.1, -0.05) is 36.2 Å². The molecule has 1 rings (SSSR count). The SMILES string of the molecule is C[C@H](CN)c1ccc(Cl)cc1Cl. The average Bonchev–Trinajstić information content (AvgIpc) is 2.03. The van der Waals surface area contributed by atoms with E-state index >= 15 is 0 Å². The van der Waals surface area contributed by atoms with Crippen LogP contribution in [0.15, 0.2) is 18.2 Å². The minimum absolute atomic E-state index is 0.287. The average molecular weight is 204 g/mol. The first-order valence-corrected chi connectivity index (χ1v) is 4.55. The van der Waals surface area contributed by atoms with Gasteiger partial charge in [0.25, 0.3) is 0 Å². The van der Waals surface area contributed by atoms with E-state index in [1.54, 1.807) is 6.07 Å². The van der Waals surface area contributed by atoms with Gasteiger partial charge in [0.1, 0.15) is 0 Å². The predicted molar refractivity (Wildman–Crippen MR) is 53.9 cm³/mol. The second-order valence-electron chi connectivity index (χ2n) is 2.80. The second-order valence-corrected chi connectivity index (χ2v) is 3.65. The Hall–Kier alpha value is -0.240. The zero-order valence-corrected chi connectivity index (χ0v) is 8.36. The molecular weight excluding hydrogens is 193 g/mol. The lowest BCUT2D eigenvalue weighted by molar-refractivity contribution is 0.774. The molecule has 0 aliphatic heterocycles. The Morgan fingerprint density at radius 2 is 2.08 bits per heavy atom. The normalized spacial score (nSPS) is 13.0. The van der Waals surface area contributed by atoms with Crippen LogP contribution in [-0.4, -0.2) is 6.54 Å². The third kappa shape index (κ3) is 2.13. The molecule has 0 spiro atoms. The fourth-order valence-electron chi connectivity index (χ4n) is 1.03. The van der Waals surface area contributed by atoms with E-state index < -0.39 is 0 Å². The smallest absolute Gasteiger partial charge is 0.0456 e. The third-order valence-electron chi connectivity index (χ3n) is 1.85. The van der Waals surface area contributed by atoms with Gasteiger partial charge in [-0.2, -0.15) is 0 Å². The van der Waals surface area contributed by atoms with Crippen LogP contribution in [0.3, 0.4) is 0 Å². The molecule has 0 amide bonds. The molecule has 0 heterocycles. The van der Waals surface area contributed by atoms with Crippen molar-refractivity contribution in [3.05, 3.63) is 33.8 Å². The van der Waals surface area contributed by atoms with E-state index in [2.05, 4.69) is 0 Å². The minimum Gasteiger partial charge on any atom is -0.330 e. The fourth-order valence-corrected chi connectivity index (χ4v) is 1.62. The van der Waals surface area contributed by atoms with Crippen molar-refractivity contribution in [2.75, 3.05) is 6.54 Å². The lowest BCUT2D eigenvalue weighted by atomic mass is 10.0. The van der Waals surface area contributed by atoms with Crippen molar-refractivity contribution in [1.29, 1.82) is 0 Å². The molecule has 0 bridgehead atoms. The van der Waals surface area contributed by atoms with Crippen molar-refractivity contribution < 1.29 is 0 Å². The molecule has 1 nitrogen and oxygen atoms in total. The first kappa shape index (κ1) is 9.85. The molecule has 3 heteroatoms. The molecule has 0 unspecified atom stereocenters. The molecule has 0 fully saturated rings. The third-order valence-corrected chi connectivity index (χ3v) is 2.41. The summed E-state index contributed by atoms with van der Waals surface area (Å²) < 4.78 is 0. The number of halogens is 2. The van der Waals surface area contributed by atoms with Gasteiger partial charge in [0.05, 0.1) is 0 Å². The Kier molecular flexibility index (Phi) is 3.39. The van der Waals surface area contributed by atoms with Crippen LogP contribution in [0.5, 0.6) is 0 Å². The molecule has 12 heavy (non-hydrogen) atoms. The summed E-state index contributed by atoms with van der Waals surface area (Å²) in [5, 5.41) is 1.36. The molecule has 2 N–H and O–H groups in total. The fraction of sp³-hybridized carbons (Fsp3) is 0.333. The Labute approximate surface area is 82.5 Å². The van der Waals surface area contributed by atoms with E-state index in [-0.39, 0.29) is 5.92 Å². The van der Waals surface area contributed by atoms with Crippen LogP contribution in [0.2, 0.25) is 10.0 Å². The summed E-state index contributed by atoms with van der Waals surface area (Å²) >= 11 is 11.7. The summed E-state index contributed by atoms with van der Waals surface area (Å²) in [6.07, 6.45) is 0. The lowest BCUT2D eigenvalue weighted by Gasteiger charge is -2.10. The van der Waals surface area contributed by atoms with Crippen LogP contribution in [0.4, 0.5) is 0 Å².